The van der Waals surface area contributed by atoms with E-state index in [4.69, 9.17) is 13.9 Å². The van der Waals surface area contributed by atoms with Crippen molar-refractivity contribution in [3.8, 4) is 28.6 Å². The summed E-state index contributed by atoms with van der Waals surface area (Å²) >= 11 is 0. The van der Waals surface area contributed by atoms with Crippen LogP contribution in [-0.4, -0.2) is 30.8 Å². The summed E-state index contributed by atoms with van der Waals surface area (Å²) in [7, 11) is 1.27. The fourth-order valence-corrected chi connectivity index (χ4v) is 4.21. The maximum absolute atomic E-state index is 13.0. The van der Waals surface area contributed by atoms with Gasteiger partial charge in [0, 0.05) is 29.2 Å². The zero-order chi connectivity index (χ0) is 24.5. The monoisotopic (exact) mass is 472 g/mol. The minimum atomic E-state index is -0.551. The van der Waals surface area contributed by atoms with Crippen LogP contribution in [0.1, 0.15) is 23.5 Å². The van der Waals surface area contributed by atoms with E-state index in [2.05, 4.69) is 4.74 Å². The summed E-state index contributed by atoms with van der Waals surface area (Å²) in [6.07, 6.45) is -0.0212. The van der Waals surface area contributed by atoms with Gasteiger partial charge in [-0.15, -0.1) is 0 Å². The fraction of sp³-hybridized carbons (Fsp3) is 0.148. The van der Waals surface area contributed by atoms with E-state index in [9.17, 15) is 19.5 Å². The van der Waals surface area contributed by atoms with Crippen LogP contribution >= 0.6 is 0 Å². The molecule has 2 heterocycles. The molecule has 0 fully saturated rings. The average molecular weight is 472 g/mol. The number of rotatable bonds is 5. The van der Waals surface area contributed by atoms with Crippen LogP contribution in [0.4, 0.5) is 0 Å². The van der Waals surface area contributed by atoms with Crippen LogP contribution in [0.2, 0.25) is 0 Å². The van der Waals surface area contributed by atoms with Gasteiger partial charge in [0.2, 0.25) is 0 Å². The molecule has 0 saturated carbocycles. The van der Waals surface area contributed by atoms with Gasteiger partial charge in [0.05, 0.1) is 13.5 Å². The van der Waals surface area contributed by atoms with Crippen LogP contribution in [0.25, 0.3) is 22.3 Å². The zero-order valence-corrected chi connectivity index (χ0v) is 18.6. The molecular weight excluding hydrogens is 452 g/mol. The van der Waals surface area contributed by atoms with Crippen molar-refractivity contribution in [3.63, 3.8) is 0 Å². The van der Waals surface area contributed by atoms with Crippen LogP contribution in [0.5, 0.6) is 17.2 Å². The molecule has 0 radical (unpaired) electrons. The average Bonchev–Trinajstić information content (AvgIpc) is 2.87. The van der Waals surface area contributed by atoms with Gasteiger partial charge in [-0.25, -0.2) is 4.79 Å². The second kappa shape index (κ2) is 8.98. The molecule has 1 aliphatic heterocycles. The highest BCUT2D eigenvalue weighted by molar-refractivity contribution is 5.93. The van der Waals surface area contributed by atoms with Crippen molar-refractivity contribution in [1.82, 2.24) is 0 Å². The fourth-order valence-electron chi connectivity index (χ4n) is 4.21. The topological polar surface area (TPSA) is 112 Å². The lowest BCUT2D eigenvalue weighted by Gasteiger charge is -2.26. The molecule has 35 heavy (non-hydrogen) atoms. The SMILES string of the molecule is COC(=O)COc1cccc([C@H]2CC(=O)Oc3cc(O)c4c(=O)cc(-c5ccccc5)oc4c32)c1. The Bertz CT molecular complexity index is 1500. The molecule has 0 bridgehead atoms. The van der Waals surface area contributed by atoms with E-state index in [-0.39, 0.29) is 35.5 Å². The van der Waals surface area contributed by atoms with Gasteiger partial charge < -0.3 is 23.7 Å². The summed E-state index contributed by atoms with van der Waals surface area (Å²) in [5.74, 6) is -1.07. The summed E-state index contributed by atoms with van der Waals surface area (Å²) in [6, 6.07) is 18.6. The van der Waals surface area contributed by atoms with Gasteiger partial charge >= 0.3 is 11.9 Å². The molecule has 0 saturated heterocycles. The van der Waals surface area contributed by atoms with Gasteiger partial charge in [0.15, 0.2) is 12.0 Å². The highest BCUT2D eigenvalue weighted by Crippen LogP contribution is 2.46. The van der Waals surface area contributed by atoms with Crippen molar-refractivity contribution in [2.75, 3.05) is 13.7 Å². The normalized spacial score (nSPS) is 14.8. The predicted octanol–water partition coefficient (Wildman–Crippen LogP) is 4.16. The van der Waals surface area contributed by atoms with E-state index in [1.807, 2.05) is 18.2 Å². The van der Waals surface area contributed by atoms with E-state index < -0.39 is 23.3 Å². The van der Waals surface area contributed by atoms with Crippen LogP contribution in [0, 0.1) is 0 Å². The molecule has 8 heteroatoms. The van der Waals surface area contributed by atoms with Gasteiger partial charge in [-0.05, 0) is 17.7 Å². The van der Waals surface area contributed by atoms with Crippen LogP contribution in [-0.2, 0) is 14.3 Å². The lowest BCUT2D eigenvalue weighted by atomic mass is 9.85. The minimum absolute atomic E-state index is 0.00414. The van der Waals surface area contributed by atoms with Crippen molar-refractivity contribution in [2.45, 2.75) is 12.3 Å². The number of aromatic hydroxyl groups is 1. The molecule has 1 N–H and O–H groups in total. The highest BCUT2D eigenvalue weighted by atomic mass is 16.6. The summed E-state index contributed by atoms with van der Waals surface area (Å²) < 4.78 is 21.7. The van der Waals surface area contributed by atoms with Gasteiger partial charge in [0.1, 0.15) is 34.0 Å². The summed E-state index contributed by atoms with van der Waals surface area (Å²) in [5, 5.41) is 10.6. The molecule has 3 aromatic carbocycles. The Morgan fingerprint density at radius 3 is 2.63 bits per heavy atom. The quantitative estimate of drug-likeness (QED) is 0.340. The molecule has 1 aromatic heterocycles. The first-order valence-corrected chi connectivity index (χ1v) is 10.8. The maximum atomic E-state index is 13.0. The number of carbonyl (C=O) groups excluding carboxylic acids is 2. The number of hydrogen-bond acceptors (Lipinski definition) is 8. The van der Waals surface area contributed by atoms with E-state index in [1.54, 1.807) is 36.4 Å². The van der Waals surface area contributed by atoms with Gasteiger partial charge in [-0.1, -0.05) is 42.5 Å². The third-order valence-corrected chi connectivity index (χ3v) is 5.83. The molecule has 8 nitrogen and oxygen atoms in total. The number of benzene rings is 3. The van der Waals surface area contributed by atoms with Crippen LogP contribution < -0.4 is 14.9 Å². The van der Waals surface area contributed by atoms with Crippen molar-refractivity contribution >= 4 is 22.9 Å². The molecule has 4 aromatic rings. The number of methoxy groups -OCH3 is 1. The van der Waals surface area contributed by atoms with Gasteiger partial charge in [-0.2, -0.15) is 0 Å². The number of fused-ring (bicyclic) bond motifs is 3. The summed E-state index contributed by atoms with van der Waals surface area (Å²) in [5.41, 5.74) is 1.56. The molecule has 5 rings (SSSR count). The Morgan fingerprint density at radius 2 is 1.86 bits per heavy atom. The van der Waals surface area contributed by atoms with E-state index in [1.165, 1.54) is 19.2 Å². The Balaban J connectivity index is 1.69. The lowest BCUT2D eigenvalue weighted by molar-refractivity contribution is -0.143. The molecule has 0 unspecified atom stereocenters. The summed E-state index contributed by atoms with van der Waals surface area (Å²) in [6.45, 7) is -0.268. The number of phenolic OH excluding ortho intramolecular Hbond substituents is 1. The molecule has 1 aliphatic rings. The predicted molar refractivity (Wildman–Crippen MR) is 126 cm³/mol. The highest BCUT2D eigenvalue weighted by Gasteiger charge is 2.33. The molecule has 176 valence electrons. The largest absolute Gasteiger partial charge is 0.507 e. The van der Waals surface area contributed by atoms with Crippen molar-refractivity contribution in [1.29, 1.82) is 0 Å². The molecule has 0 amide bonds. The van der Waals surface area contributed by atoms with E-state index in [0.717, 1.165) is 0 Å². The third kappa shape index (κ3) is 4.21. The Morgan fingerprint density at radius 1 is 1.06 bits per heavy atom. The Hall–Kier alpha value is -4.59. The number of hydrogen-bond donors (Lipinski definition) is 1. The van der Waals surface area contributed by atoms with Gasteiger partial charge in [-0.3, -0.25) is 9.59 Å². The van der Waals surface area contributed by atoms with Crippen LogP contribution in [0.15, 0.2) is 75.9 Å². The minimum Gasteiger partial charge on any atom is -0.507 e. The molecule has 0 aliphatic carbocycles. The second-order valence-corrected chi connectivity index (χ2v) is 8.02. The summed E-state index contributed by atoms with van der Waals surface area (Å²) in [4.78, 5) is 37.0. The van der Waals surface area contributed by atoms with Gasteiger partial charge in [0.25, 0.3) is 0 Å². The van der Waals surface area contributed by atoms with Crippen LogP contribution in [0.3, 0.4) is 0 Å². The molecular formula is C27H20O8. The van der Waals surface area contributed by atoms with E-state index in [0.29, 0.717) is 28.2 Å². The number of phenols is 1. The lowest BCUT2D eigenvalue weighted by Crippen LogP contribution is -2.22. The Labute approximate surface area is 199 Å². The zero-order valence-electron chi connectivity index (χ0n) is 18.6. The number of esters is 2. The third-order valence-electron chi connectivity index (χ3n) is 5.83. The van der Waals surface area contributed by atoms with Crippen molar-refractivity contribution < 1.29 is 33.3 Å². The number of ether oxygens (including phenoxy) is 3. The van der Waals surface area contributed by atoms with Crippen molar-refractivity contribution in [2.24, 2.45) is 0 Å². The smallest absolute Gasteiger partial charge is 0.343 e. The molecule has 1 atom stereocenters. The maximum Gasteiger partial charge on any atom is 0.343 e. The first kappa shape index (κ1) is 22.2. The Kier molecular flexibility index (Phi) is 5.70. The second-order valence-electron chi connectivity index (χ2n) is 8.02. The van der Waals surface area contributed by atoms with Crippen molar-refractivity contribution in [3.05, 3.63) is 88.1 Å². The standard InChI is InChI=1S/C27H20O8/c1-32-24(31)14-33-17-9-5-8-16(10-17)18-11-23(30)34-22-13-20(29)26-19(28)12-21(35-27(26)25(18)22)15-6-3-2-4-7-15/h2-10,12-13,18,29H,11,14H2,1H3/t18-/m1/s1. The molecule has 0 spiro atoms. The first-order valence-electron chi connectivity index (χ1n) is 10.8. The van der Waals surface area contributed by atoms with E-state index >= 15 is 0 Å². The number of carbonyl (C=O) groups is 2. The first-order chi connectivity index (χ1) is 16.9.